The van der Waals surface area contributed by atoms with Gasteiger partial charge in [0.05, 0.1) is 0 Å². The van der Waals surface area contributed by atoms with E-state index in [1.165, 1.54) is 0 Å². The standard InChI is InChI=1S/C23H27N3O2/c27-21(11-10-19-9-4-14-24-17-19)26-16-6-13-23(26)12-5-15-25(22(23)28)18-20-7-2-1-3-8-20/h1-4,7-9,14,17H,5-6,10-13,15-16,18H2. The van der Waals surface area contributed by atoms with E-state index in [1.807, 2.05) is 40.1 Å². The average Bonchev–Trinajstić information content (AvgIpc) is 3.16. The molecule has 2 fully saturated rings. The fraction of sp³-hybridized carbons (Fsp3) is 0.435. The number of likely N-dealkylation sites (tertiary alicyclic amines) is 2. The van der Waals surface area contributed by atoms with Gasteiger partial charge in [-0.15, -0.1) is 0 Å². The van der Waals surface area contributed by atoms with Crippen molar-refractivity contribution < 1.29 is 9.59 Å². The van der Waals surface area contributed by atoms with Crippen molar-refractivity contribution in [3.05, 3.63) is 66.0 Å². The van der Waals surface area contributed by atoms with Crippen LogP contribution in [0.5, 0.6) is 0 Å². The lowest BCUT2D eigenvalue weighted by atomic mass is 9.85. The number of pyridine rings is 1. The fourth-order valence-corrected chi connectivity index (χ4v) is 4.68. The third kappa shape index (κ3) is 3.66. The van der Waals surface area contributed by atoms with Crippen LogP contribution in [0.25, 0.3) is 0 Å². The van der Waals surface area contributed by atoms with Gasteiger partial charge in [0.25, 0.3) is 0 Å². The molecule has 1 spiro atoms. The highest BCUT2D eigenvalue weighted by Gasteiger charge is 2.52. The van der Waals surface area contributed by atoms with Gasteiger partial charge in [0.2, 0.25) is 11.8 Å². The van der Waals surface area contributed by atoms with Crippen molar-refractivity contribution in [1.29, 1.82) is 0 Å². The highest BCUT2D eigenvalue weighted by atomic mass is 16.2. The zero-order valence-corrected chi connectivity index (χ0v) is 16.2. The van der Waals surface area contributed by atoms with Crippen molar-refractivity contribution in [3.8, 4) is 0 Å². The number of nitrogens with zero attached hydrogens (tertiary/aromatic N) is 3. The highest BCUT2D eigenvalue weighted by Crippen LogP contribution is 2.39. The van der Waals surface area contributed by atoms with Crippen LogP contribution in [0.2, 0.25) is 0 Å². The Bertz CT molecular complexity index is 824. The summed E-state index contributed by atoms with van der Waals surface area (Å²) in [5.74, 6) is 0.228. The van der Waals surface area contributed by atoms with E-state index in [0.717, 1.165) is 43.4 Å². The van der Waals surface area contributed by atoms with Gasteiger partial charge in [-0.3, -0.25) is 14.6 Å². The normalized spacial score (nSPS) is 22.1. The topological polar surface area (TPSA) is 53.5 Å². The molecule has 3 heterocycles. The van der Waals surface area contributed by atoms with E-state index in [2.05, 4.69) is 17.1 Å². The summed E-state index contributed by atoms with van der Waals surface area (Å²) in [5.41, 5.74) is 1.57. The molecule has 0 bridgehead atoms. The molecule has 2 amide bonds. The van der Waals surface area contributed by atoms with Crippen LogP contribution in [0.4, 0.5) is 0 Å². The Balaban J connectivity index is 1.47. The summed E-state index contributed by atoms with van der Waals surface area (Å²) in [6.07, 6.45) is 8.07. The van der Waals surface area contributed by atoms with Gasteiger partial charge < -0.3 is 9.80 Å². The minimum Gasteiger partial charge on any atom is -0.336 e. The summed E-state index contributed by atoms with van der Waals surface area (Å²) >= 11 is 0. The van der Waals surface area contributed by atoms with Crippen LogP contribution in [0, 0.1) is 0 Å². The molecule has 1 aromatic heterocycles. The van der Waals surface area contributed by atoms with Gasteiger partial charge in [0.1, 0.15) is 5.54 Å². The van der Waals surface area contributed by atoms with Crippen LogP contribution in [-0.2, 0) is 22.6 Å². The van der Waals surface area contributed by atoms with Crippen LogP contribution in [0.3, 0.4) is 0 Å². The first kappa shape index (κ1) is 18.7. The number of piperidine rings is 1. The van der Waals surface area contributed by atoms with E-state index in [1.54, 1.807) is 12.4 Å². The summed E-state index contributed by atoms with van der Waals surface area (Å²) in [6.45, 7) is 2.09. The van der Waals surface area contributed by atoms with E-state index >= 15 is 0 Å². The fourth-order valence-electron chi connectivity index (χ4n) is 4.68. The SMILES string of the molecule is O=C(CCc1cccnc1)N1CCCC12CCCN(Cc1ccccc1)C2=O. The lowest BCUT2D eigenvalue weighted by Gasteiger charge is -2.44. The van der Waals surface area contributed by atoms with E-state index in [-0.39, 0.29) is 11.8 Å². The van der Waals surface area contributed by atoms with Gasteiger partial charge in [-0.2, -0.15) is 0 Å². The molecule has 0 aliphatic carbocycles. The largest absolute Gasteiger partial charge is 0.336 e. The Morgan fingerprint density at radius 1 is 1.00 bits per heavy atom. The second-order valence-corrected chi connectivity index (χ2v) is 7.86. The van der Waals surface area contributed by atoms with Crippen molar-refractivity contribution in [3.63, 3.8) is 0 Å². The molecule has 2 saturated heterocycles. The Morgan fingerprint density at radius 3 is 2.50 bits per heavy atom. The van der Waals surface area contributed by atoms with Gasteiger partial charge in [-0.25, -0.2) is 0 Å². The molecule has 0 saturated carbocycles. The van der Waals surface area contributed by atoms with Crippen LogP contribution in [-0.4, -0.2) is 45.2 Å². The summed E-state index contributed by atoms with van der Waals surface area (Å²) < 4.78 is 0. The molecule has 0 N–H and O–H groups in total. The molecule has 2 aliphatic heterocycles. The van der Waals surface area contributed by atoms with E-state index in [9.17, 15) is 9.59 Å². The minimum absolute atomic E-state index is 0.0938. The molecule has 2 aromatic rings. The monoisotopic (exact) mass is 377 g/mol. The van der Waals surface area contributed by atoms with Crippen LogP contribution < -0.4 is 0 Å². The number of amides is 2. The number of carbonyl (C=O) groups excluding carboxylic acids is 2. The highest BCUT2D eigenvalue weighted by molar-refractivity contribution is 5.92. The molecule has 0 radical (unpaired) electrons. The molecular weight excluding hydrogens is 350 g/mol. The lowest BCUT2D eigenvalue weighted by Crippen LogP contribution is -2.61. The molecule has 1 aromatic carbocycles. The summed E-state index contributed by atoms with van der Waals surface area (Å²) in [5, 5.41) is 0. The number of carbonyl (C=O) groups is 2. The minimum atomic E-state index is -0.626. The second-order valence-electron chi connectivity index (χ2n) is 7.86. The quantitative estimate of drug-likeness (QED) is 0.804. The zero-order valence-electron chi connectivity index (χ0n) is 16.2. The molecule has 28 heavy (non-hydrogen) atoms. The predicted octanol–water partition coefficient (Wildman–Crippen LogP) is 3.20. The Kier molecular flexibility index (Phi) is 5.42. The number of rotatable bonds is 5. The van der Waals surface area contributed by atoms with E-state index < -0.39 is 5.54 Å². The van der Waals surface area contributed by atoms with E-state index in [0.29, 0.717) is 25.9 Å². The summed E-state index contributed by atoms with van der Waals surface area (Å²) in [7, 11) is 0. The molecule has 5 heteroatoms. The number of aromatic nitrogens is 1. The molecule has 5 nitrogen and oxygen atoms in total. The lowest BCUT2D eigenvalue weighted by molar-refractivity contribution is -0.155. The van der Waals surface area contributed by atoms with Crippen molar-refractivity contribution in [2.75, 3.05) is 13.1 Å². The number of hydrogen-bond donors (Lipinski definition) is 0. The number of hydrogen-bond acceptors (Lipinski definition) is 3. The number of aryl methyl sites for hydroxylation is 1. The maximum Gasteiger partial charge on any atom is 0.248 e. The summed E-state index contributed by atoms with van der Waals surface area (Å²) in [4.78, 5) is 34.5. The molecule has 4 rings (SSSR count). The first-order valence-electron chi connectivity index (χ1n) is 10.2. The van der Waals surface area contributed by atoms with Gasteiger partial charge in [-0.1, -0.05) is 36.4 Å². The predicted molar refractivity (Wildman–Crippen MR) is 107 cm³/mol. The molecular formula is C23H27N3O2. The molecule has 1 unspecified atom stereocenters. The van der Waals surface area contributed by atoms with Gasteiger partial charge in [0.15, 0.2) is 0 Å². The van der Waals surface area contributed by atoms with Crippen molar-refractivity contribution in [2.45, 2.75) is 50.6 Å². The third-order valence-corrected chi connectivity index (χ3v) is 6.06. The van der Waals surface area contributed by atoms with Crippen LogP contribution in [0.1, 0.15) is 43.2 Å². The van der Waals surface area contributed by atoms with E-state index in [4.69, 9.17) is 0 Å². The smallest absolute Gasteiger partial charge is 0.248 e. The van der Waals surface area contributed by atoms with Gasteiger partial charge in [0, 0.05) is 38.4 Å². The van der Waals surface area contributed by atoms with Crippen molar-refractivity contribution in [2.24, 2.45) is 0 Å². The van der Waals surface area contributed by atoms with Gasteiger partial charge >= 0.3 is 0 Å². The van der Waals surface area contributed by atoms with Crippen LogP contribution in [0.15, 0.2) is 54.9 Å². The first-order chi connectivity index (χ1) is 13.7. The zero-order chi connectivity index (χ0) is 19.4. The second kappa shape index (κ2) is 8.13. The molecule has 2 aliphatic rings. The van der Waals surface area contributed by atoms with Crippen LogP contribution >= 0.6 is 0 Å². The molecule has 1 atom stereocenters. The Hall–Kier alpha value is -2.69. The molecule has 146 valence electrons. The van der Waals surface area contributed by atoms with Crippen molar-refractivity contribution >= 4 is 11.8 Å². The number of benzene rings is 1. The summed E-state index contributed by atoms with van der Waals surface area (Å²) in [6, 6.07) is 14.0. The average molecular weight is 377 g/mol. The Morgan fingerprint density at radius 2 is 1.75 bits per heavy atom. The Labute approximate surface area is 166 Å². The van der Waals surface area contributed by atoms with Gasteiger partial charge in [-0.05, 0) is 49.3 Å². The maximum absolute atomic E-state index is 13.5. The maximum atomic E-state index is 13.5. The third-order valence-electron chi connectivity index (χ3n) is 6.06. The van der Waals surface area contributed by atoms with Crippen molar-refractivity contribution in [1.82, 2.24) is 14.8 Å². The first-order valence-corrected chi connectivity index (χ1v) is 10.2.